The number of carbonyl (C=O) groups is 2. The summed E-state index contributed by atoms with van der Waals surface area (Å²) in [5, 5.41) is 2.91. The van der Waals surface area contributed by atoms with Gasteiger partial charge in [-0.05, 0) is 48.2 Å². The summed E-state index contributed by atoms with van der Waals surface area (Å²) in [6.07, 6.45) is 1.29. The van der Waals surface area contributed by atoms with E-state index in [1.54, 1.807) is 18.2 Å². The van der Waals surface area contributed by atoms with Crippen molar-refractivity contribution >= 4 is 27.5 Å². The molecule has 3 aromatic carbocycles. The molecule has 0 aliphatic rings. The van der Waals surface area contributed by atoms with Crippen LogP contribution in [-0.4, -0.2) is 50.5 Å². The molecule has 3 rings (SSSR count). The minimum absolute atomic E-state index is 0.0351. The molecule has 2 amide bonds. The molecular formula is C31H37F2N3O4S. The topological polar surface area (TPSA) is 86.8 Å². The first-order valence-corrected chi connectivity index (χ1v) is 15.4. The summed E-state index contributed by atoms with van der Waals surface area (Å²) in [5.74, 6) is -1.58. The van der Waals surface area contributed by atoms with E-state index in [4.69, 9.17) is 0 Å². The Kier molecular flexibility index (Phi) is 11.4. The first-order chi connectivity index (χ1) is 19.5. The highest BCUT2D eigenvalue weighted by Crippen LogP contribution is 2.21. The molecule has 3 aromatic rings. The van der Waals surface area contributed by atoms with Gasteiger partial charge in [0, 0.05) is 38.0 Å². The summed E-state index contributed by atoms with van der Waals surface area (Å²) < 4.78 is 54.2. The summed E-state index contributed by atoms with van der Waals surface area (Å²) in [6.45, 7) is 4.16. The normalized spacial score (nSPS) is 12.1. The molecular weight excluding hydrogens is 548 g/mol. The quantitative estimate of drug-likeness (QED) is 0.291. The minimum Gasteiger partial charge on any atom is -0.354 e. The zero-order chi connectivity index (χ0) is 30.0. The lowest BCUT2D eigenvalue weighted by molar-refractivity contribution is -0.141. The van der Waals surface area contributed by atoms with Gasteiger partial charge >= 0.3 is 0 Å². The van der Waals surface area contributed by atoms with Crippen LogP contribution in [0.1, 0.15) is 37.8 Å². The molecule has 0 radical (unpaired) electrons. The largest absolute Gasteiger partial charge is 0.354 e. The zero-order valence-corrected chi connectivity index (χ0v) is 24.4. The van der Waals surface area contributed by atoms with Gasteiger partial charge in [-0.25, -0.2) is 17.2 Å². The van der Waals surface area contributed by atoms with Gasteiger partial charge in [-0.1, -0.05) is 62.4 Å². The van der Waals surface area contributed by atoms with Crippen LogP contribution < -0.4 is 9.62 Å². The van der Waals surface area contributed by atoms with Gasteiger partial charge in [0.05, 0.1) is 11.9 Å². The van der Waals surface area contributed by atoms with Crippen molar-refractivity contribution in [3.63, 3.8) is 0 Å². The average Bonchev–Trinajstić information content (AvgIpc) is 2.93. The van der Waals surface area contributed by atoms with E-state index in [9.17, 15) is 26.8 Å². The number of carbonyl (C=O) groups excluding carboxylic acids is 2. The molecule has 0 aliphatic carbocycles. The lowest BCUT2D eigenvalue weighted by atomic mass is 10.0. The van der Waals surface area contributed by atoms with Gasteiger partial charge in [0.2, 0.25) is 21.8 Å². The number of halogens is 2. The van der Waals surface area contributed by atoms with Crippen LogP contribution in [0, 0.1) is 17.6 Å². The summed E-state index contributed by atoms with van der Waals surface area (Å²) in [6, 6.07) is 19.5. The maximum atomic E-state index is 14.7. The molecule has 7 nitrogen and oxygen atoms in total. The molecule has 0 aromatic heterocycles. The Bertz CT molecular complexity index is 1400. The van der Waals surface area contributed by atoms with Crippen molar-refractivity contribution in [1.82, 2.24) is 10.2 Å². The maximum Gasteiger partial charge on any atom is 0.243 e. The fourth-order valence-corrected chi connectivity index (χ4v) is 5.36. The molecule has 0 saturated heterocycles. The predicted octanol–water partition coefficient (Wildman–Crippen LogP) is 4.92. The van der Waals surface area contributed by atoms with Crippen LogP contribution in [0.3, 0.4) is 0 Å². The molecule has 10 heteroatoms. The molecule has 0 heterocycles. The van der Waals surface area contributed by atoms with Crippen LogP contribution in [-0.2, 0) is 32.6 Å². The van der Waals surface area contributed by atoms with Crippen molar-refractivity contribution in [3.8, 4) is 0 Å². The van der Waals surface area contributed by atoms with Gasteiger partial charge < -0.3 is 10.2 Å². The summed E-state index contributed by atoms with van der Waals surface area (Å²) in [4.78, 5) is 28.6. The summed E-state index contributed by atoms with van der Waals surface area (Å²) in [7, 11) is -3.72. The van der Waals surface area contributed by atoms with Crippen LogP contribution in [0.15, 0.2) is 78.9 Å². The number of rotatable bonds is 14. The van der Waals surface area contributed by atoms with Gasteiger partial charge in [0.25, 0.3) is 0 Å². The van der Waals surface area contributed by atoms with E-state index in [2.05, 4.69) is 5.32 Å². The number of hydrogen-bond acceptors (Lipinski definition) is 4. The van der Waals surface area contributed by atoms with Crippen molar-refractivity contribution in [2.75, 3.05) is 23.7 Å². The smallest absolute Gasteiger partial charge is 0.243 e. The Balaban J connectivity index is 1.88. The molecule has 0 aliphatic heterocycles. The van der Waals surface area contributed by atoms with Gasteiger partial charge in [-0.3, -0.25) is 13.9 Å². The number of hydrogen-bond donors (Lipinski definition) is 1. The predicted molar refractivity (Wildman–Crippen MR) is 157 cm³/mol. The van der Waals surface area contributed by atoms with E-state index in [0.717, 1.165) is 16.1 Å². The van der Waals surface area contributed by atoms with Gasteiger partial charge in [-0.2, -0.15) is 0 Å². The Morgan fingerprint density at radius 1 is 0.902 bits per heavy atom. The number of nitrogens with zero attached hydrogens (tertiary/aromatic N) is 2. The molecule has 0 spiro atoms. The SMILES string of the molecule is CC(C)CNC(=O)[C@H](Cc1ccccc1)N(Cc1ccccc1F)C(=O)CCCN(c1ccc(F)cc1)S(C)(=O)=O. The van der Waals surface area contributed by atoms with Crippen LogP contribution >= 0.6 is 0 Å². The third kappa shape index (κ3) is 9.67. The van der Waals surface area contributed by atoms with E-state index in [0.29, 0.717) is 6.54 Å². The number of anilines is 1. The first-order valence-electron chi connectivity index (χ1n) is 13.5. The molecule has 1 atom stereocenters. The van der Waals surface area contributed by atoms with Crippen LogP contribution in [0.5, 0.6) is 0 Å². The molecule has 0 unspecified atom stereocenters. The Labute approximate surface area is 241 Å². The summed E-state index contributed by atoms with van der Waals surface area (Å²) >= 11 is 0. The Morgan fingerprint density at radius 2 is 1.54 bits per heavy atom. The lowest BCUT2D eigenvalue weighted by Gasteiger charge is -2.32. The Morgan fingerprint density at radius 3 is 2.15 bits per heavy atom. The zero-order valence-electron chi connectivity index (χ0n) is 23.6. The molecule has 41 heavy (non-hydrogen) atoms. The number of sulfonamides is 1. The van der Waals surface area contributed by atoms with Crippen molar-refractivity contribution in [1.29, 1.82) is 0 Å². The number of nitrogens with one attached hydrogen (secondary N) is 1. The second kappa shape index (κ2) is 14.7. The maximum absolute atomic E-state index is 14.7. The average molecular weight is 586 g/mol. The second-order valence-electron chi connectivity index (χ2n) is 10.4. The number of amides is 2. The third-order valence-electron chi connectivity index (χ3n) is 6.52. The standard InChI is InChI=1S/C31H37F2N3O4S/c1-23(2)21-34-31(38)29(20-24-10-5-4-6-11-24)35(22-25-12-7-8-13-28(25)33)30(37)14-9-19-36(41(3,39)40)27-17-15-26(32)16-18-27/h4-8,10-13,15-18,23,29H,9,14,19-22H2,1-3H3,(H,34,38)/t29-/m0/s1. The van der Waals surface area contributed by atoms with Crippen LogP contribution in [0.4, 0.5) is 14.5 Å². The van der Waals surface area contributed by atoms with Crippen molar-refractivity contribution in [2.45, 2.75) is 45.7 Å². The van der Waals surface area contributed by atoms with Crippen molar-refractivity contribution in [3.05, 3.63) is 102 Å². The van der Waals surface area contributed by atoms with Gasteiger partial charge in [0.1, 0.15) is 17.7 Å². The highest BCUT2D eigenvalue weighted by molar-refractivity contribution is 7.92. The number of benzene rings is 3. The molecule has 1 N–H and O–H groups in total. The highest BCUT2D eigenvalue weighted by atomic mass is 32.2. The molecule has 0 saturated carbocycles. The van der Waals surface area contributed by atoms with E-state index in [1.165, 1.54) is 35.2 Å². The third-order valence-corrected chi connectivity index (χ3v) is 7.72. The minimum atomic E-state index is -3.72. The van der Waals surface area contributed by atoms with Crippen molar-refractivity contribution in [2.24, 2.45) is 5.92 Å². The highest BCUT2D eigenvalue weighted by Gasteiger charge is 2.31. The molecule has 0 fully saturated rings. The fourth-order valence-electron chi connectivity index (χ4n) is 4.40. The van der Waals surface area contributed by atoms with Gasteiger partial charge in [0.15, 0.2) is 0 Å². The van der Waals surface area contributed by atoms with Crippen LogP contribution in [0.25, 0.3) is 0 Å². The first kappa shape index (κ1) is 31.7. The second-order valence-corrected chi connectivity index (χ2v) is 12.3. The lowest BCUT2D eigenvalue weighted by Crippen LogP contribution is -2.51. The molecule has 220 valence electrons. The Hall–Kier alpha value is -3.79. The van der Waals surface area contributed by atoms with Gasteiger partial charge in [-0.15, -0.1) is 0 Å². The summed E-state index contributed by atoms with van der Waals surface area (Å²) in [5.41, 5.74) is 1.38. The van der Waals surface area contributed by atoms with Crippen molar-refractivity contribution < 1.29 is 26.8 Å². The monoisotopic (exact) mass is 585 g/mol. The van der Waals surface area contributed by atoms with E-state index >= 15 is 0 Å². The van der Waals surface area contributed by atoms with E-state index in [-0.39, 0.29) is 55.4 Å². The van der Waals surface area contributed by atoms with E-state index in [1.807, 2.05) is 44.2 Å². The van der Waals surface area contributed by atoms with E-state index < -0.39 is 33.6 Å². The van der Waals surface area contributed by atoms with Crippen LogP contribution in [0.2, 0.25) is 0 Å². The molecule has 0 bridgehead atoms. The fraction of sp³-hybridized carbons (Fsp3) is 0.355.